The second-order valence-electron chi connectivity index (χ2n) is 8.36. The average molecular weight is 523 g/mol. The summed E-state index contributed by atoms with van der Waals surface area (Å²) in [5, 5.41) is 19.4. The van der Waals surface area contributed by atoms with Gasteiger partial charge in [-0.2, -0.15) is 5.10 Å². The van der Waals surface area contributed by atoms with Crippen LogP contribution in [0.15, 0.2) is 99.8 Å². The summed E-state index contributed by atoms with van der Waals surface area (Å²) in [6.45, 7) is 2.04. The molecular formula is C29H22N4O4S. The van der Waals surface area contributed by atoms with Gasteiger partial charge in [0.15, 0.2) is 5.13 Å². The minimum absolute atomic E-state index is 0.137. The molecule has 0 bridgehead atoms. The lowest BCUT2D eigenvalue weighted by Gasteiger charge is -2.03. The molecule has 2 aromatic heterocycles. The Balaban J connectivity index is 1.19. The average Bonchev–Trinajstić information content (AvgIpc) is 3.60. The van der Waals surface area contributed by atoms with E-state index in [9.17, 15) is 14.7 Å². The van der Waals surface area contributed by atoms with Gasteiger partial charge in [0.25, 0.3) is 5.91 Å². The Hall–Kier alpha value is -5.02. The number of rotatable bonds is 8. The van der Waals surface area contributed by atoms with Crippen LogP contribution in [-0.4, -0.2) is 28.2 Å². The molecule has 0 atom stereocenters. The molecule has 0 fully saturated rings. The molecule has 5 aromatic rings. The van der Waals surface area contributed by atoms with Crippen LogP contribution in [0.5, 0.6) is 0 Å². The van der Waals surface area contributed by atoms with Crippen molar-refractivity contribution in [1.82, 2.24) is 10.4 Å². The van der Waals surface area contributed by atoms with Crippen LogP contribution >= 0.6 is 11.3 Å². The zero-order valence-corrected chi connectivity index (χ0v) is 21.0. The summed E-state index contributed by atoms with van der Waals surface area (Å²) in [4.78, 5) is 28.6. The number of hydrogen-bond donors (Lipinski definition) is 3. The third-order valence-corrected chi connectivity index (χ3v) is 6.42. The highest BCUT2D eigenvalue weighted by atomic mass is 32.1. The Kier molecular flexibility index (Phi) is 7.10. The van der Waals surface area contributed by atoms with E-state index in [1.165, 1.54) is 29.2 Å². The van der Waals surface area contributed by atoms with Gasteiger partial charge in [-0.05, 0) is 49.4 Å². The van der Waals surface area contributed by atoms with Crippen molar-refractivity contribution in [2.45, 2.75) is 6.92 Å². The molecule has 0 saturated carbocycles. The highest BCUT2D eigenvalue weighted by molar-refractivity contribution is 7.14. The van der Waals surface area contributed by atoms with E-state index in [0.717, 1.165) is 22.1 Å². The van der Waals surface area contributed by atoms with Crippen molar-refractivity contribution in [2.75, 3.05) is 5.32 Å². The second-order valence-corrected chi connectivity index (χ2v) is 9.22. The number of nitrogens with zero attached hydrogens (tertiary/aromatic N) is 2. The van der Waals surface area contributed by atoms with Gasteiger partial charge in [-0.3, -0.25) is 4.79 Å². The summed E-state index contributed by atoms with van der Waals surface area (Å²) in [5.74, 6) is -0.657. The first kappa shape index (κ1) is 24.7. The molecule has 0 unspecified atom stereocenters. The Morgan fingerprint density at radius 2 is 1.74 bits per heavy atom. The third kappa shape index (κ3) is 5.69. The Morgan fingerprint density at radius 1 is 0.974 bits per heavy atom. The lowest BCUT2D eigenvalue weighted by molar-refractivity contribution is 0.0697. The number of carboxylic acids is 1. The molecule has 38 heavy (non-hydrogen) atoms. The van der Waals surface area contributed by atoms with Gasteiger partial charge in [-0.25, -0.2) is 15.2 Å². The number of aryl methyl sites for hydroxylation is 1. The van der Waals surface area contributed by atoms with E-state index in [2.05, 4.69) is 20.8 Å². The number of aromatic nitrogens is 1. The van der Waals surface area contributed by atoms with E-state index in [-0.39, 0.29) is 11.5 Å². The number of hydrogen-bond acceptors (Lipinski definition) is 7. The Morgan fingerprint density at radius 3 is 2.50 bits per heavy atom. The highest BCUT2D eigenvalue weighted by Crippen LogP contribution is 2.28. The molecule has 9 heteroatoms. The summed E-state index contributed by atoms with van der Waals surface area (Å²) in [6, 6.07) is 25.1. The number of carbonyl (C=O) groups excluding carboxylic acids is 1. The van der Waals surface area contributed by atoms with E-state index in [4.69, 9.17) is 4.42 Å². The number of aromatic carboxylic acids is 1. The van der Waals surface area contributed by atoms with Crippen LogP contribution < -0.4 is 10.7 Å². The SMILES string of the molecule is Cc1ccc(Nc2nc(-c3ccc(C(=O)N/N=C\c4ccc(-c5ccccc5C(=O)O)o4)cc3)cs2)cc1. The standard InChI is InChI=1S/C29H22N4O4S/c1-18-6-12-21(13-7-18)31-29-32-25(17-38-29)19-8-10-20(11-9-19)27(34)33-30-16-22-14-15-26(37-22)23-4-2-3-5-24(23)28(35)36/h2-17H,1H3,(H,31,32)(H,33,34)(H,35,36)/b30-16-. The molecule has 0 aliphatic rings. The summed E-state index contributed by atoms with van der Waals surface area (Å²) in [5.41, 5.74) is 7.38. The molecule has 188 valence electrons. The number of amides is 1. The third-order valence-electron chi connectivity index (χ3n) is 5.66. The van der Waals surface area contributed by atoms with Crippen LogP contribution in [0.25, 0.3) is 22.6 Å². The maximum atomic E-state index is 12.5. The number of thiazole rings is 1. The molecule has 0 aliphatic heterocycles. The van der Waals surface area contributed by atoms with Crippen LogP contribution in [0.1, 0.15) is 32.0 Å². The van der Waals surface area contributed by atoms with E-state index < -0.39 is 5.97 Å². The van der Waals surface area contributed by atoms with Crippen LogP contribution in [0.4, 0.5) is 10.8 Å². The smallest absolute Gasteiger partial charge is 0.336 e. The predicted molar refractivity (Wildman–Crippen MR) is 148 cm³/mol. The first-order valence-electron chi connectivity index (χ1n) is 11.6. The molecule has 5 rings (SSSR count). The molecule has 0 radical (unpaired) electrons. The molecule has 0 spiro atoms. The molecular weight excluding hydrogens is 500 g/mol. The van der Waals surface area contributed by atoms with Crippen molar-refractivity contribution in [3.63, 3.8) is 0 Å². The molecule has 0 saturated heterocycles. The van der Waals surface area contributed by atoms with Gasteiger partial charge in [-0.15, -0.1) is 11.3 Å². The minimum atomic E-state index is -1.04. The first-order chi connectivity index (χ1) is 18.5. The zero-order chi connectivity index (χ0) is 26.5. The maximum Gasteiger partial charge on any atom is 0.336 e. The fraction of sp³-hybridized carbons (Fsp3) is 0.0345. The first-order valence-corrected chi connectivity index (χ1v) is 12.5. The zero-order valence-electron chi connectivity index (χ0n) is 20.2. The second kappa shape index (κ2) is 10.9. The summed E-state index contributed by atoms with van der Waals surface area (Å²) in [6.07, 6.45) is 1.36. The van der Waals surface area contributed by atoms with Gasteiger partial charge in [-0.1, -0.05) is 48.0 Å². The number of carboxylic acid groups (broad SMARTS) is 1. The van der Waals surface area contributed by atoms with Crippen LogP contribution in [0, 0.1) is 6.92 Å². The Bertz CT molecular complexity index is 1620. The van der Waals surface area contributed by atoms with Crippen molar-refractivity contribution in [3.05, 3.63) is 113 Å². The lowest BCUT2D eigenvalue weighted by Crippen LogP contribution is -2.17. The number of hydrazone groups is 1. The van der Waals surface area contributed by atoms with Crippen LogP contribution in [0.2, 0.25) is 0 Å². The summed E-state index contributed by atoms with van der Waals surface area (Å²) in [7, 11) is 0. The lowest BCUT2D eigenvalue weighted by atomic mass is 10.1. The van der Waals surface area contributed by atoms with Crippen molar-refractivity contribution in [3.8, 4) is 22.6 Å². The van der Waals surface area contributed by atoms with Gasteiger partial charge in [0.2, 0.25) is 0 Å². The van der Waals surface area contributed by atoms with E-state index in [1.807, 2.05) is 48.7 Å². The van der Waals surface area contributed by atoms with Gasteiger partial charge in [0, 0.05) is 27.8 Å². The molecule has 0 aliphatic carbocycles. The minimum Gasteiger partial charge on any atom is -0.478 e. The van der Waals surface area contributed by atoms with E-state index in [1.54, 1.807) is 42.5 Å². The fourth-order valence-corrected chi connectivity index (χ4v) is 4.43. The number of nitrogens with one attached hydrogen (secondary N) is 2. The largest absolute Gasteiger partial charge is 0.478 e. The summed E-state index contributed by atoms with van der Waals surface area (Å²) >= 11 is 1.51. The van der Waals surface area contributed by atoms with Crippen molar-refractivity contribution >= 4 is 40.2 Å². The summed E-state index contributed by atoms with van der Waals surface area (Å²) < 4.78 is 5.68. The van der Waals surface area contributed by atoms with E-state index in [0.29, 0.717) is 22.6 Å². The number of furan rings is 1. The normalized spacial score (nSPS) is 11.0. The van der Waals surface area contributed by atoms with Crippen molar-refractivity contribution in [2.24, 2.45) is 5.10 Å². The number of carbonyl (C=O) groups is 2. The molecule has 3 aromatic carbocycles. The Labute approximate surface area is 222 Å². The van der Waals surface area contributed by atoms with Crippen molar-refractivity contribution < 1.29 is 19.1 Å². The predicted octanol–water partition coefficient (Wildman–Crippen LogP) is 6.58. The molecule has 1 amide bonds. The van der Waals surface area contributed by atoms with Gasteiger partial charge < -0.3 is 14.8 Å². The van der Waals surface area contributed by atoms with E-state index >= 15 is 0 Å². The quantitative estimate of drug-likeness (QED) is 0.156. The van der Waals surface area contributed by atoms with Crippen LogP contribution in [0.3, 0.4) is 0 Å². The molecule has 3 N–H and O–H groups in total. The number of anilines is 2. The topological polar surface area (TPSA) is 117 Å². The number of benzene rings is 3. The van der Waals surface area contributed by atoms with Crippen LogP contribution in [-0.2, 0) is 0 Å². The fourth-order valence-electron chi connectivity index (χ4n) is 3.69. The van der Waals surface area contributed by atoms with Gasteiger partial charge in [0.1, 0.15) is 11.5 Å². The van der Waals surface area contributed by atoms with Gasteiger partial charge in [0.05, 0.1) is 17.5 Å². The highest BCUT2D eigenvalue weighted by Gasteiger charge is 2.14. The van der Waals surface area contributed by atoms with Crippen molar-refractivity contribution in [1.29, 1.82) is 0 Å². The maximum absolute atomic E-state index is 12.5. The molecule has 2 heterocycles. The monoisotopic (exact) mass is 522 g/mol. The molecule has 8 nitrogen and oxygen atoms in total. The van der Waals surface area contributed by atoms with Gasteiger partial charge >= 0.3 is 5.97 Å².